The Kier molecular flexibility index (Phi) is 18.2. The standard InChI is InChI=1S/C64H72N12O8/c1-81-63(79)71-52(31-48-38-73(41-67-48)36-43-16-9-7-10-17-43)61(77)75-27-15-20-56(75)59-65-34-54(69-59)46-23-21-45(22-24-46)47-25-26-51-55-35-66-60(70-55)57-33-50(83-28-13-5-3-4-6-14-29-84-58(51)30-47)40-76(57)62(78)53(72-64(80)82-2)32-49-39-74(42-68-49)37-44-18-11-8-12-19-44/h7-12,16-19,21-26,30,34-35,38-39,41-42,50,52-53,56-57H,3-6,13-15,20,27-29,31-33,36-37,40H2,1-2H3,(H,65,69)(H,66,70)(H,71,79)(H,72,80)/t50-,52-,53-,56-,57-/m0/s1. The first-order valence-electron chi connectivity index (χ1n) is 29.1. The molecule has 8 aromatic rings. The second-order valence-corrected chi connectivity index (χ2v) is 21.9. The number of aromatic nitrogens is 8. The van der Waals surface area contributed by atoms with Crippen LogP contribution in [0.2, 0.25) is 0 Å². The number of alkyl carbamates (subject to hydrolysis) is 2. The van der Waals surface area contributed by atoms with Crippen LogP contribution in [0.25, 0.3) is 33.6 Å². The van der Waals surface area contributed by atoms with Crippen LogP contribution in [0.15, 0.2) is 141 Å². The lowest BCUT2D eigenvalue weighted by molar-refractivity contribution is -0.135. The van der Waals surface area contributed by atoms with E-state index in [9.17, 15) is 19.2 Å². The van der Waals surface area contributed by atoms with E-state index in [1.54, 1.807) is 34.8 Å². The van der Waals surface area contributed by atoms with Gasteiger partial charge in [-0.25, -0.2) is 29.5 Å². The Balaban J connectivity index is 0.796. The molecule has 11 rings (SSSR count). The minimum atomic E-state index is -0.967. The minimum Gasteiger partial charge on any atom is -0.493 e. The molecule has 0 unspecified atom stereocenters. The average molecular weight is 1140 g/mol. The lowest BCUT2D eigenvalue weighted by atomic mass is 10.00. The molecule has 4 bridgehead atoms. The smallest absolute Gasteiger partial charge is 0.407 e. The molecule has 4 amide bonds. The van der Waals surface area contributed by atoms with Crippen molar-refractivity contribution < 1.29 is 38.1 Å². The number of methoxy groups -OCH3 is 2. The predicted octanol–water partition coefficient (Wildman–Crippen LogP) is 9.61. The molecule has 0 radical (unpaired) electrons. The summed E-state index contributed by atoms with van der Waals surface area (Å²) in [6, 6.07) is 31.9. The molecule has 20 nitrogen and oxygen atoms in total. The number of benzene rings is 4. The molecule has 0 spiro atoms. The molecule has 4 aromatic carbocycles. The quantitative estimate of drug-likeness (QED) is 0.0752. The number of H-pyrrole nitrogens is 2. The highest BCUT2D eigenvalue weighted by molar-refractivity contribution is 5.87. The number of aromatic amines is 2. The fraction of sp³-hybridized carbons (Fsp3) is 0.375. The third-order valence-corrected chi connectivity index (χ3v) is 16.0. The van der Waals surface area contributed by atoms with E-state index in [0.717, 1.165) is 89.7 Å². The summed E-state index contributed by atoms with van der Waals surface area (Å²) in [6.07, 6.45) is 17.7. The maximum Gasteiger partial charge on any atom is 0.407 e. The number of fused-ring (bicyclic) bond motifs is 7. The first kappa shape index (κ1) is 56.8. The summed E-state index contributed by atoms with van der Waals surface area (Å²) in [7, 11) is 2.57. The van der Waals surface area contributed by atoms with Crippen LogP contribution in [0.5, 0.6) is 5.75 Å². The molecule has 84 heavy (non-hydrogen) atoms. The van der Waals surface area contributed by atoms with Crippen molar-refractivity contribution in [3.63, 3.8) is 0 Å². The lowest BCUT2D eigenvalue weighted by Crippen LogP contribution is -2.50. The minimum absolute atomic E-state index is 0.156. The predicted molar refractivity (Wildman–Crippen MR) is 314 cm³/mol. The number of carbonyl (C=O) groups excluding carboxylic acids is 4. The van der Waals surface area contributed by atoms with Gasteiger partial charge in [0.15, 0.2) is 0 Å². The van der Waals surface area contributed by atoms with Crippen LogP contribution in [-0.2, 0) is 49.7 Å². The van der Waals surface area contributed by atoms with Gasteiger partial charge in [0.1, 0.15) is 29.5 Å². The van der Waals surface area contributed by atoms with Crippen molar-refractivity contribution in [1.29, 1.82) is 0 Å². The summed E-state index contributed by atoms with van der Waals surface area (Å²) < 4.78 is 27.0. The normalized spacial score (nSPS) is 18.1. The van der Waals surface area contributed by atoms with Gasteiger partial charge in [-0.2, -0.15) is 0 Å². The Morgan fingerprint density at radius 3 is 1.79 bits per heavy atom. The van der Waals surface area contributed by atoms with E-state index in [-0.39, 0.29) is 36.8 Å². The van der Waals surface area contributed by atoms with Crippen molar-refractivity contribution >= 4 is 24.0 Å². The number of nitrogens with zero attached hydrogens (tertiary/aromatic N) is 8. The second kappa shape index (κ2) is 26.9. The van der Waals surface area contributed by atoms with Crippen LogP contribution in [0.1, 0.15) is 104 Å². The topological polar surface area (TPSA) is 229 Å². The maximum absolute atomic E-state index is 14.8. The molecule has 4 N–H and O–H groups in total. The summed E-state index contributed by atoms with van der Waals surface area (Å²) in [5, 5.41) is 5.58. The SMILES string of the molecule is COC(=O)N[C@@H](Cc1cn(Cc2ccccc2)cn1)C(=O)N1CCC[C@H]1c1ncc(-c2ccc(-c3ccc4c(c3)OCCCCCCCCO[C@H]3C[C@@H](c5ncc-4[nH]5)N(C(=O)[C@H](Cc4cn(Cc5ccccc5)cn4)NC(=O)OC)C3)cc2)[nH]1. The Bertz CT molecular complexity index is 3490. The molecule has 7 heterocycles. The highest BCUT2D eigenvalue weighted by Gasteiger charge is 2.42. The van der Waals surface area contributed by atoms with Crippen LogP contribution < -0.4 is 15.4 Å². The largest absolute Gasteiger partial charge is 0.493 e. The number of ether oxygens (including phenoxy) is 4. The lowest BCUT2D eigenvalue weighted by Gasteiger charge is -2.28. The van der Waals surface area contributed by atoms with Gasteiger partial charge in [-0.15, -0.1) is 0 Å². The number of rotatable bonds is 15. The first-order chi connectivity index (χ1) is 41.1. The summed E-state index contributed by atoms with van der Waals surface area (Å²) >= 11 is 0. The number of hydrogen-bond acceptors (Lipinski definition) is 12. The third kappa shape index (κ3) is 13.9. The van der Waals surface area contributed by atoms with E-state index in [1.807, 2.05) is 88.3 Å². The van der Waals surface area contributed by atoms with Gasteiger partial charge in [0.25, 0.3) is 0 Å². The van der Waals surface area contributed by atoms with E-state index < -0.39 is 30.3 Å². The fourth-order valence-corrected chi connectivity index (χ4v) is 11.7. The zero-order valence-electron chi connectivity index (χ0n) is 47.5. The third-order valence-electron chi connectivity index (χ3n) is 16.0. The molecule has 0 saturated carbocycles. The summed E-state index contributed by atoms with van der Waals surface area (Å²) in [5.41, 5.74) is 8.84. The Morgan fingerprint density at radius 2 is 1.15 bits per heavy atom. The molecule has 2 fully saturated rings. The summed E-state index contributed by atoms with van der Waals surface area (Å²) in [5.74, 6) is 1.47. The van der Waals surface area contributed by atoms with Crippen molar-refractivity contribution in [1.82, 2.24) is 59.5 Å². The second-order valence-electron chi connectivity index (χ2n) is 21.9. The van der Waals surface area contributed by atoms with Crippen LogP contribution in [0.4, 0.5) is 9.59 Å². The van der Waals surface area contributed by atoms with Gasteiger partial charge in [-0.3, -0.25) is 9.59 Å². The van der Waals surface area contributed by atoms with Crippen LogP contribution in [0.3, 0.4) is 0 Å². The molecular formula is C64H72N12O8. The summed E-state index contributed by atoms with van der Waals surface area (Å²) in [6.45, 7) is 3.22. The molecular weight excluding hydrogens is 1060 g/mol. The van der Waals surface area contributed by atoms with Gasteiger partial charge >= 0.3 is 12.2 Å². The fourth-order valence-electron chi connectivity index (χ4n) is 11.7. The van der Waals surface area contributed by atoms with E-state index in [0.29, 0.717) is 81.0 Å². The molecule has 5 atom stereocenters. The number of imidazole rings is 4. The van der Waals surface area contributed by atoms with E-state index in [4.69, 9.17) is 28.9 Å². The zero-order chi connectivity index (χ0) is 57.8. The molecule has 0 aliphatic carbocycles. The molecule has 4 aromatic heterocycles. The number of hydrogen-bond donors (Lipinski definition) is 4. The number of likely N-dealkylation sites (tertiary alicyclic amines) is 2. The molecule has 3 aliphatic rings. The highest BCUT2D eigenvalue weighted by atomic mass is 16.5. The number of carbonyl (C=O) groups is 4. The zero-order valence-corrected chi connectivity index (χ0v) is 47.5. The Hall–Kier alpha value is -9.04. The van der Waals surface area contributed by atoms with E-state index in [2.05, 4.69) is 67.0 Å². The van der Waals surface area contributed by atoms with Gasteiger partial charge in [0.2, 0.25) is 11.8 Å². The van der Waals surface area contributed by atoms with E-state index in [1.165, 1.54) is 14.2 Å². The molecule has 3 aliphatic heterocycles. The maximum atomic E-state index is 14.8. The van der Waals surface area contributed by atoms with Crippen LogP contribution in [-0.4, -0.2) is 132 Å². The van der Waals surface area contributed by atoms with Crippen molar-refractivity contribution in [2.75, 3.05) is 40.5 Å². The molecule has 2 saturated heterocycles. The summed E-state index contributed by atoms with van der Waals surface area (Å²) in [4.78, 5) is 84.2. The molecule has 20 heteroatoms. The van der Waals surface area contributed by atoms with Gasteiger partial charge in [-0.05, 0) is 65.6 Å². The molecule has 436 valence electrons. The Labute approximate surface area is 488 Å². The van der Waals surface area contributed by atoms with Crippen molar-refractivity contribution in [3.8, 4) is 39.4 Å². The van der Waals surface area contributed by atoms with Gasteiger partial charge in [0, 0.05) is 70.0 Å². The monoisotopic (exact) mass is 1140 g/mol. The number of amides is 4. The van der Waals surface area contributed by atoms with Gasteiger partial charge in [-0.1, -0.05) is 117 Å². The highest BCUT2D eigenvalue weighted by Crippen LogP contribution is 2.39. The van der Waals surface area contributed by atoms with Crippen molar-refractivity contribution in [3.05, 3.63) is 175 Å². The average Bonchev–Trinajstić information content (AvgIpc) is 3.21. The Morgan fingerprint density at radius 1 is 0.607 bits per heavy atom. The van der Waals surface area contributed by atoms with Gasteiger partial charge < -0.3 is 58.5 Å². The van der Waals surface area contributed by atoms with E-state index >= 15 is 0 Å². The van der Waals surface area contributed by atoms with Crippen molar-refractivity contribution in [2.24, 2.45) is 0 Å². The number of nitrogens with one attached hydrogen (secondary N) is 4. The van der Waals surface area contributed by atoms with Crippen LogP contribution in [0, 0.1) is 0 Å². The first-order valence-corrected chi connectivity index (χ1v) is 29.1. The van der Waals surface area contributed by atoms with Crippen LogP contribution >= 0.6 is 0 Å². The van der Waals surface area contributed by atoms with Crippen molar-refractivity contribution in [2.45, 2.75) is 114 Å². The van der Waals surface area contributed by atoms with Gasteiger partial charge in [0.05, 0.1) is 86.8 Å².